The van der Waals surface area contributed by atoms with Gasteiger partial charge in [0.2, 0.25) is 0 Å². The number of nitrogens with one attached hydrogen (secondary N) is 2. The number of aldehydes is 1. The number of aliphatic carboxylic acids is 1. The Kier molecular flexibility index (Phi) is 84.1. The second-order valence-corrected chi connectivity index (χ2v) is 3.89. The van der Waals surface area contributed by atoms with Crippen LogP contribution in [-0.4, -0.2) is 98.0 Å². The van der Waals surface area contributed by atoms with Crippen molar-refractivity contribution in [2.45, 2.75) is 35.1 Å². The maximum Gasteiger partial charge on any atom is 0.317 e. The highest BCUT2D eigenvalue weighted by molar-refractivity contribution is 5.68. The molecule has 0 rings (SSSR count). The first-order valence-corrected chi connectivity index (χ1v) is 8.43. The van der Waals surface area contributed by atoms with E-state index in [1.165, 1.54) is 6.92 Å². The number of likely N-dealkylation sites (N-methyl/N-ethyl adjacent to an activating group) is 2. The van der Waals surface area contributed by atoms with Gasteiger partial charge in [0.25, 0.3) is 0 Å². The van der Waals surface area contributed by atoms with E-state index < -0.39 is 5.97 Å². The van der Waals surface area contributed by atoms with Gasteiger partial charge in [-0.2, -0.15) is 0 Å². The van der Waals surface area contributed by atoms with Crippen LogP contribution in [0.1, 0.15) is 35.1 Å². The smallest absolute Gasteiger partial charge is 0.317 e. The summed E-state index contributed by atoms with van der Waals surface area (Å²) in [5, 5.41) is 37.5. The maximum absolute atomic E-state index is 9.70. The predicted molar refractivity (Wildman–Crippen MR) is 113 cm³/mol. The number of aliphatic hydroxyl groups is 3. The molecule has 0 aromatic carbocycles. The second-order valence-electron chi connectivity index (χ2n) is 3.89. The summed E-state index contributed by atoms with van der Waals surface area (Å²) in [5.74, 6) is -0.804. The molecule has 0 aromatic rings. The Hall–Kier alpha value is -1.43. The molecule has 0 aliphatic carbocycles. The molecule has 10 nitrogen and oxygen atoms in total. The minimum absolute atomic E-state index is 0. The third-order valence-corrected chi connectivity index (χ3v) is 1.61. The van der Waals surface area contributed by atoms with Crippen LogP contribution in [0.2, 0.25) is 0 Å². The highest BCUT2D eigenvalue weighted by atomic mass is 16.4. The normalized spacial score (nSPS) is 8.15. The summed E-state index contributed by atoms with van der Waals surface area (Å²) in [6.07, 6.45) is 2.43. The van der Waals surface area contributed by atoms with Crippen LogP contribution in [0.5, 0.6) is 0 Å². The monoisotopic (exact) mass is 400 g/mol. The van der Waals surface area contributed by atoms with Crippen LogP contribution in [0.3, 0.4) is 0 Å². The molecule has 8 N–H and O–H groups in total. The summed E-state index contributed by atoms with van der Waals surface area (Å²) < 4.78 is 0. The number of aliphatic imine (C=N–C) groups is 1. The van der Waals surface area contributed by atoms with Gasteiger partial charge in [-0.1, -0.05) is 21.3 Å². The van der Waals surface area contributed by atoms with E-state index >= 15 is 0 Å². The Labute approximate surface area is 164 Å². The summed E-state index contributed by atoms with van der Waals surface area (Å²) in [4.78, 5) is 22.2. The Morgan fingerprint density at radius 1 is 1.04 bits per heavy atom. The number of nitrogens with two attached hydrogens (primary N) is 1. The van der Waals surface area contributed by atoms with Crippen LogP contribution in [0.15, 0.2) is 4.99 Å². The quantitative estimate of drug-likeness (QED) is 0.147. The third-order valence-electron chi connectivity index (χ3n) is 1.61. The van der Waals surface area contributed by atoms with Gasteiger partial charge in [0.15, 0.2) is 0 Å². The highest BCUT2D eigenvalue weighted by Crippen LogP contribution is 1.60. The molecule has 0 heterocycles. The van der Waals surface area contributed by atoms with Crippen molar-refractivity contribution >= 4 is 18.5 Å². The molecule has 0 aromatic heterocycles. The zero-order valence-corrected chi connectivity index (χ0v) is 16.6. The second kappa shape index (κ2) is 56.3. The fraction of sp³-hybridized carbons (Fsp3) is 0.824. The lowest BCUT2D eigenvalue weighted by Gasteiger charge is -1.91. The molecule has 0 saturated heterocycles. The largest absolute Gasteiger partial charge is 0.480 e. The number of carbonyl (C=O) groups is 2. The standard InChI is InChI=1S/C4H9NO2.C4H11NO.C4H9NO.C2H7NO.C2H4O.CH4/c1-2-5-3-4(6)7;2*1-2-5-3-4-6;3-1-2-4;1-2-3;/h5H,2-3H2,1H3,(H,6,7);5-6H,2-4H2,1H3;2,6H,3-4H2,1H3;4H,1-3H2;2H,1H3;1H4. The van der Waals surface area contributed by atoms with E-state index in [1.54, 1.807) is 6.21 Å². The minimum Gasteiger partial charge on any atom is -0.480 e. The molecular formula is C17H44N4O6. The van der Waals surface area contributed by atoms with Crippen LogP contribution in [0, 0.1) is 0 Å². The number of carboxylic acid groups (broad SMARTS) is 1. The zero-order valence-electron chi connectivity index (χ0n) is 16.6. The Morgan fingerprint density at radius 2 is 1.48 bits per heavy atom. The van der Waals surface area contributed by atoms with Gasteiger partial charge in [-0.25, -0.2) is 0 Å². The lowest BCUT2D eigenvalue weighted by Crippen LogP contribution is -2.21. The van der Waals surface area contributed by atoms with Crippen molar-refractivity contribution in [3.8, 4) is 0 Å². The molecule has 0 spiro atoms. The Balaban J connectivity index is -0.0000000520. The Bertz CT molecular complexity index is 252. The van der Waals surface area contributed by atoms with E-state index in [1.807, 2.05) is 20.8 Å². The molecule has 168 valence electrons. The fourth-order valence-electron chi connectivity index (χ4n) is 0.675. The SMILES string of the molecule is C.CC=NCCO.CC=O.CCNCC(=O)O.CCNCCO.NCCO. The summed E-state index contributed by atoms with van der Waals surface area (Å²) in [6, 6.07) is 0. The number of hydrogen-bond acceptors (Lipinski definition) is 9. The predicted octanol–water partition coefficient (Wildman–Crippen LogP) is -0.883. The lowest BCUT2D eigenvalue weighted by molar-refractivity contribution is -0.135. The number of aliphatic hydroxyl groups excluding tert-OH is 3. The van der Waals surface area contributed by atoms with E-state index in [4.69, 9.17) is 31.0 Å². The van der Waals surface area contributed by atoms with Crippen LogP contribution in [0.4, 0.5) is 0 Å². The zero-order chi connectivity index (χ0) is 21.5. The van der Waals surface area contributed by atoms with Crippen molar-refractivity contribution in [3.05, 3.63) is 0 Å². The maximum atomic E-state index is 9.70. The van der Waals surface area contributed by atoms with Gasteiger partial charge in [-0.3, -0.25) is 9.79 Å². The molecular weight excluding hydrogens is 356 g/mol. The first kappa shape index (κ1) is 40.3. The van der Waals surface area contributed by atoms with Gasteiger partial charge in [0.05, 0.1) is 32.9 Å². The average Bonchev–Trinajstić information content (AvgIpc) is 2.64. The fourth-order valence-corrected chi connectivity index (χ4v) is 0.675. The van der Waals surface area contributed by atoms with Gasteiger partial charge in [0.1, 0.15) is 6.29 Å². The summed E-state index contributed by atoms with van der Waals surface area (Å²) in [6.45, 7) is 11.0. The van der Waals surface area contributed by atoms with E-state index in [0.29, 0.717) is 19.6 Å². The topological polar surface area (TPSA) is 178 Å². The molecule has 27 heavy (non-hydrogen) atoms. The van der Waals surface area contributed by atoms with Crippen LogP contribution in [0.25, 0.3) is 0 Å². The van der Waals surface area contributed by atoms with Crippen molar-refractivity contribution in [1.29, 1.82) is 0 Å². The minimum atomic E-state index is -0.804. The number of carbonyl (C=O) groups excluding carboxylic acids is 1. The van der Waals surface area contributed by atoms with Crippen molar-refractivity contribution in [1.82, 2.24) is 10.6 Å². The molecule has 0 saturated carbocycles. The van der Waals surface area contributed by atoms with Crippen molar-refractivity contribution in [3.63, 3.8) is 0 Å². The van der Waals surface area contributed by atoms with Gasteiger partial charge >= 0.3 is 5.97 Å². The third kappa shape index (κ3) is 137. The summed E-state index contributed by atoms with van der Waals surface area (Å²) >= 11 is 0. The lowest BCUT2D eigenvalue weighted by atomic mass is 10.6. The molecule has 0 fully saturated rings. The first-order chi connectivity index (χ1) is 12.4. The Morgan fingerprint density at radius 3 is 1.59 bits per heavy atom. The van der Waals surface area contributed by atoms with Crippen LogP contribution in [-0.2, 0) is 9.59 Å². The van der Waals surface area contributed by atoms with Gasteiger partial charge < -0.3 is 41.6 Å². The highest BCUT2D eigenvalue weighted by Gasteiger charge is 1.89. The van der Waals surface area contributed by atoms with Crippen LogP contribution < -0.4 is 16.4 Å². The molecule has 0 unspecified atom stereocenters. The molecule has 10 heteroatoms. The van der Waals surface area contributed by atoms with Crippen molar-refractivity contribution < 1.29 is 30.0 Å². The molecule has 0 atom stereocenters. The molecule has 0 aliphatic rings. The first-order valence-electron chi connectivity index (χ1n) is 8.43. The molecule has 0 radical (unpaired) electrons. The van der Waals surface area contributed by atoms with E-state index in [0.717, 1.165) is 19.4 Å². The molecule has 0 aliphatic heterocycles. The van der Waals surface area contributed by atoms with Gasteiger partial charge in [0, 0.05) is 13.1 Å². The van der Waals surface area contributed by atoms with E-state index in [2.05, 4.69) is 15.6 Å². The van der Waals surface area contributed by atoms with E-state index in [9.17, 15) is 4.79 Å². The van der Waals surface area contributed by atoms with Gasteiger partial charge in [-0.15, -0.1) is 0 Å². The number of rotatable bonds is 9. The summed E-state index contributed by atoms with van der Waals surface area (Å²) in [7, 11) is 0. The van der Waals surface area contributed by atoms with Crippen molar-refractivity contribution in [2.75, 3.05) is 59.1 Å². The average molecular weight is 401 g/mol. The van der Waals surface area contributed by atoms with Crippen LogP contribution >= 0.6 is 0 Å². The molecule has 0 bridgehead atoms. The number of hydrogen-bond donors (Lipinski definition) is 7. The number of nitrogens with zero attached hydrogens (tertiary/aromatic N) is 1. The summed E-state index contributed by atoms with van der Waals surface area (Å²) in [5.41, 5.74) is 4.78. The van der Waals surface area contributed by atoms with Crippen molar-refractivity contribution in [2.24, 2.45) is 10.7 Å². The molecule has 0 amide bonds. The number of carboxylic acids is 1. The van der Waals surface area contributed by atoms with Gasteiger partial charge in [-0.05, 0) is 33.2 Å². The van der Waals surface area contributed by atoms with E-state index in [-0.39, 0.29) is 33.8 Å².